The summed E-state index contributed by atoms with van der Waals surface area (Å²) in [6.45, 7) is 2.28. The van der Waals surface area contributed by atoms with Crippen LogP contribution in [0.25, 0.3) is 22.0 Å². The van der Waals surface area contributed by atoms with Crippen LogP contribution in [0, 0.1) is 17.6 Å². The molecule has 0 saturated carbocycles. The molecule has 0 N–H and O–H groups in total. The van der Waals surface area contributed by atoms with E-state index in [1.807, 2.05) is 0 Å². The summed E-state index contributed by atoms with van der Waals surface area (Å²) in [5.74, 6) is 0.162. The molecule has 1 aliphatic heterocycles. The van der Waals surface area contributed by atoms with Gasteiger partial charge in [0.25, 0.3) is 0 Å². The van der Waals surface area contributed by atoms with Crippen LogP contribution in [0.4, 0.5) is 14.6 Å². The zero-order valence-corrected chi connectivity index (χ0v) is 16.2. The number of aromatic nitrogens is 2. The normalized spacial score (nSPS) is 17.3. The second kappa shape index (κ2) is 7.97. The molecule has 1 saturated heterocycles. The van der Waals surface area contributed by atoms with Gasteiger partial charge >= 0.3 is 0 Å². The van der Waals surface area contributed by atoms with E-state index in [0.717, 1.165) is 31.5 Å². The first-order valence-electron chi connectivity index (χ1n) is 9.21. The number of piperidine rings is 1. The topological polar surface area (TPSA) is 38.2 Å². The lowest BCUT2D eigenvalue weighted by atomic mass is 9.96. The Kier molecular flexibility index (Phi) is 5.42. The lowest BCUT2D eigenvalue weighted by Gasteiger charge is -2.34. The largest absolute Gasteiger partial charge is 0.384 e. The second-order valence-electron chi connectivity index (χ2n) is 7.05. The number of fused-ring (bicyclic) bond motifs is 1. The monoisotopic (exact) mass is 403 g/mol. The third-order valence-corrected chi connectivity index (χ3v) is 5.46. The van der Waals surface area contributed by atoms with Crippen molar-refractivity contribution in [1.29, 1.82) is 0 Å². The summed E-state index contributed by atoms with van der Waals surface area (Å²) in [6, 6.07) is 7.53. The van der Waals surface area contributed by atoms with Gasteiger partial charge in [-0.15, -0.1) is 0 Å². The molecular formula is C21H20ClF2N3O. The lowest BCUT2D eigenvalue weighted by Crippen LogP contribution is -2.37. The highest BCUT2D eigenvalue weighted by Crippen LogP contribution is 2.37. The van der Waals surface area contributed by atoms with Crippen LogP contribution >= 0.6 is 11.6 Å². The molecule has 7 heteroatoms. The summed E-state index contributed by atoms with van der Waals surface area (Å²) in [6.07, 6.45) is 3.48. The van der Waals surface area contributed by atoms with E-state index in [1.165, 1.54) is 18.5 Å². The van der Waals surface area contributed by atoms with Crippen LogP contribution < -0.4 is 4.90 Å². The van der Waals surface area contributed by atoms with E-state index in [-0.39, 0.29) is 10.5 Å². The zero-order chi connectivity index (χ0) is 19.7. The maximum Gasteiger partial charge on any atom is 0.149 e. The summed E-state index contributed by atoms with van der Waals surface area (Å²) < 4.78 is 33.5. The fourth-order valence-corrected chi connectivity index (χ4v) is 4.08. The van der Waals surface area contributed by atoms with E-state index in [2.05, 4.69) is 14.9 Å². The molecule has 2 aromatic carbocycles. The molecule has 2 heterocycles. The molecule has 28 heavy (non-hydrogen) atoms. The second-order valence-corrected chi connectivity index (χ2v) is 7.46. The first-order valence-corrected chi connectivity index (χ1v) is 9.58. The highest BCUT2D eigenvalue weighted by atomic mass is 35.5. The molecule has 3 aromatic rings. The SMILES string of the molecule is COCC1CCCN(c2ncnc3c(F)ccc(-c4ccc(F)c(Cl)c4)c23)C1. The third-order valence-electron chi connectivity index (χ3n) is 5.17. The van der Waals surface area contributed by atoms with Crippen molar-refractivity contribution in [2.24, 2.45) is 5.92 Å². The molecule has 4 rings (SSSR count). The van der Waals surface area contributed by atoms with Gasteiger partial charge in [-0.3, -0.25) is 0 Å². The predicted molar refractivity (Wildman–Crippen MR) is 107 cm³/mol. The summed E-state index contributed by atoms with van der Waals surface area (Å²) in [5.41, 5.74) is 1.66. The van der Waals surface area contributed by atoms with Gasteiger partial charge in [0.2, 0.25) is 0 Å². The summed E-state index contributed by atoms with van der Waals surface area (Å²) in [4.78, 5) is 10.8. The van der Waals surface area contributed by atoms with Crippen molar-refractivity contribution in [2.75, 3.05) is 31.7 Å². The van der Waals surface area contributed by atoms with Crippen LogP contribution in [0.5, 0.6) is 0 Å². The fourth-order valence-electron chi connectivity index (χ4n) is 3.90. The molecule has 1 unspecified atom stereocenters. The molecule has 0 radical (unpaired) electrons. The molecular weight excluding hydrogens is 384 g/mol. The number of rotatable bonds is 4. The minimum absolute atomic E-state index is 0.0199. The van der Waals surface area contributed by atoms with Gasteiger partial charge in [0, 0.05) is 20.2 Å². The van der Waals surface area contributed by atoms with Gasteiger partial charge in [0.05, 0.1) is 17.0 Å². The van der Waals surface area contributed by atoms with Crippen molar-refractivity contribution in [3.63, 3.8) is 0 Å². The predicted octanol–water partition coefficient (Wildman–Crippen LogP) is 5.09. The van der Waals surface area contributed by atoms with Gasteiger partial charge in [-0.25, -0.2) is 18.7 Å². The Morgan fingerprint density at radius 2 is 2.00 bits per heavy atom. The molecule has 1 aliphatic rings. The number of halogens is 3. The van der Waals surface area contributed by atoms with Crippen LogP contribution in [0.2, 0.25) is 5.02 Å². The van der Waals surface area contributed by atoms with Crippen LogP contribution in [0.15, 0.2) is 36.7 Å². The Bertz CT molecular complexity index is 1010. The molecule has 0 aliphatic carbocycles. The van der Waals surface area contributed by atoms with Crippen molar-refractivity contribution >= 4 is 28.3 Å². The molecule has 1 atom stereocenters. The van der Waals surface area contributed by atoms with Crippen molar-refractivity contribution < 1.29 is 13.5 Å². The van der Waals surface area contributed by atoms with Gasteiger partial charge in [-0.2, -0.15) is 0 Å². The Labute approximate surface area is 167 Å². The fraction of sp³-hybridized carbons (Fsp3) is 0.333. The number of benzene rings is 2. The highest BCUT2D eigenvalue weighted by molar-refractivity contribution is 6.31. The highest BCUT2D eigenvalue weighted by Gasteiger charge is 2.24. The van der Waals surface area contributed by atoms with Crippen LogP contribution in [-0.4, -0.2) is 36.8 Å². The number of nitrogens with zero attached hydrogens (tertiary/aromatic N) is 3. The van der Waals surface area contributed by atoms with E-state index < -0.39 is 11.6 Å². The van der Waals surface area contributed by atoms with Crippen molar-refractivity contribution in [3.8, 4) is 11.1 Å². The van der Waals surface area contributed by atoms with Crippen LogP contribution in [-0.2, 0) is 4.74 Å². The van der Waals surface area contributed by atoms with Gasteiger partial charge in [0.15, 0.2) is 0 Å². The summed E-state index contributed by atoms with van der Waals surface area (Å²) in [7, 11) is 1.70. The van der Waals surface area contributed by atoms with Crippen molar-refractivity contribution in [1.82, 2.24) is 9.97 Å². The summed E-state index contributed by atoms with van der Waals surface area (Å²) in [5, 5.41) is 0.634. The average molecular weight is 404 g/mol. The number of methoxy groups -OCH3 is 1. The van der Waals surface area contributed by atoms with Crippen LogP contribution in [0.3, 0.4) is 0 Å². The number of anilines is 1. The van der Waals surface area contributed by atoms with Gasteiger partial charge in [0.1, 0.15) is 29.3 Å². The van der Waals surface area contributed by atoms with Crippen molar-refractivity contribution in [3.05, 3.63) is 53.3 Å². The third kappa shape index (κ3) is 3.54. The maximum atomic E-state index is 14.6. The smallest absolute Gasteiger partial charge is 0.149 e. The van der Waals surface area contributed by atoms with E-state index >= 15 is 0 Å². The van der Waals surface area contributed by atoms with Crippen molar-refractivity contribution in [2.45, 2.75) is 12.8 Å². The van der Waals surface area contributed by atoms with Crippen LogP contribution in [0.1, 0.15) is 12.8 Å². The molecule has 0 amide bonds. The van der Waals surface area contributed by atoms with E-state index in [0.29, 0.717) is 29.3 Å². The number of hydrogen-bond acceptors (Lipinski definition) is 4. The average Bonchev–Trinajstić information content (AvgIpc) is 2.71. The Morgan fingerprint density at radius 1 is 1.18 bits per heavy atom. The standard InChI is InChI=1S/C21H20ClF2N3O/c1-28-11-13-3-2-8-27(10-13)21-19-15(14-4-6-17(23)16(22)9-14)5-7-18(24)20(19)25-12-26-21/h4-7,9,12-13H,2-3,8,10-11H2,1H3. The molecule has 4 nitrogen and oxygen atoms in total. The number of hydrogen-bond donors (Lipinski definition) is 0. The molecule has 0 spiro atoms. The van der Waals surface area contributed by atoms with E-state index in [9.17, 15) is 8.78 Å². The lowest BCUT2D eigenvalue weighted by molar-refractivity contribution is 0.143. The van der Waals surface area contributed by atoms with E-state index in [4.69, 9.17) is 16.3 Å². The molecule has 146 valence electrons. The summed E-state index contributed by atoms with van der Waals surface area (Å²) >= 11 is 5.98. The maximum absolute atomic E-state index is 14.6. The minimum atomic E-state index is -0.494. The number of ether oxygens (including phenoxy) is 1. The molecule has 1 aromatic heterocycles. The molecule has 1 fully saturated rings. The first kappa shape index (κ1) is 19.0. The zero-order valence-electron chi connectivity index (χ0n) is 15.5. The quantitative estimate of drug-likeness (QED) is 0.608. The van der Waals surface area contributed by atoms with Gasteiger partial charge < -0.3 is 9.64 Å². The van der Waals surface area contributed by atoms with E-state index in [1.54, 1.807) is 25.3 Å². The Balaban J connectivity index is 1.87. The molecule has 0 bridgehead atoms. The first-order chi connectivity index (χ1) is 13.6. The Hall–Kier alpha value is -2.31. The van der Waals surface area contributed by atoms with Gasteiger partial charge in [-0.05, 0) is 48.1 Å². The van der Waals surface area contributed by atoms with Gasteiger partial charge in [-0.1, -0.05) is 23.7 Å². The Morgan fingerprint density at radius 3 is 2.79 bits per heavy atom. The minimum Gasteiger partial charge on any atom is -0.384 e.